The van der Waals surface area contributed by atoms with Crippen molar-refractivity contribution in [1.29, 1.82) is 0 Å². The van der Waals surface area contributed by atoms with Gasteiger partial charge in [-0.15, -0.1) is 0 Å². The Morgan fingerprint density at radius 2 is 2.24 bits per heavy atom. The van der Waals surface area contributed by atoms with Crippen LogP contribution in [0, 0.1) is 0 Å². The molecular weight excluding hydrogens is 285 g/mol. The van der Waals surface area contributed by atoms with Crippen LogP contribution in [0.15, 0.2) is 24.3 Å². The van der Waals surface area contributed by atoms with Gasteiger partial charge in [-0.25, -0.2) is 0 Å². The number of nitrogens with zero attached hydrogens (tertiary/aromatic N) is 1. The van der Waals surface area contributed by atoms with E-state index in [-0.39, 0.29) is 24.3 Å². The van der Waals surface area contributed by atoms with E-state index in [9.17, 15) is 18.0 Å². The maximum absolute atomic E-state index is 12.6. The third-order valence-electron chi connectivity index (χ3n) is 3.35. The van der Waals surface area contributed by atoms with Crippen molar-refractivity contribution in [2.45, 2.75) is 19.1 Å². The molecule has 1 aromatic carbocycles. The van der Waals surface area contributed by atoms with Crippen LogP contribution in [0.4, 0.5) is 13.2 Å². The molecule has 21 heavy (non-hydrogen) atoms. The number of hydrogen-bond donors (Lipinski definition) is 1. The first kappa shape index (κ1) is 15.6. The number of hydrogen-bond acceptors (Lipinski definition) is 3. The minimum absolute atomic E-state index is 0.0426. The monoisotopic (exact) mass is 302 g/mol. The Morgan fingerprint density at radius 1 is 1.48 bits per heavy atom. The molecule has 1 saturated heterocycles. The molecule has 116 valence electrons. The fourth-order valence-corrected chi connectivity index (χ4v) is 2.20. The Kier molecular flexibility index (Phi) is 4.72. The average molecular weight is 302 g/mol. The number of rotatable bonds is 3. The molecule has 1 fully saturated rings. The molecule has 1 aliphatic heterocycles. The molecule has 4 nitrogen and oxygen atoms in total. The number of benzene rings is 1. The van der Waals surface area contributed by atoms with Crippen molar-refractivity contribution >= 4 is 5.91 Å². The van der Waals surface area contributed by atoms with Crippen LogP contribution in [0.3, 0.4) is 0 Å². The van der Waals surface area contributed by atoms with Gasteiger partial charge in [0.15, 0.2) is 6.61 Å². The van der Waals surface area contributed by atoms with Crippen LogP contribution < -0.4 is 10.1 Å². The highest BCUT2D eigenvalue weighted by Crippen LogP contribution is 2.31. The second-order valence-electron chi connectivity index (χ2n) is 4.95. The van der Waals surface area contributed by atoms with E-state index in [4.69, 9.17) is 4.74 Å². The van der Waals surface area contributed by atoms with Gasteiger partial charge in [-0.2, -0.15) is 13.2 Å². The summed E-state index contributed by atoms with van der Waals surface area (Å²) in [5.41, 5.74) is -0.789. The molecule has 0 aliphatic carbocycles. The van der Waals surface area contributed by atoms with E-state index in [0.717, 1.165) is 12.1 Å². The van der Waals surface area contributed by atoms with Crippen molar-refractivity contribution in [3.63, 3.8) is 0 Å². The highest BCUT2D eigenvalue weighted by molar-refractivity contribution is 5.78. The Morgan fingerprint density at radius 3 is 2.90 bits per heavy atom. The number of alkyl halides is 3. The van der Waals surface area contributed by atoms with Crippen molar-refractivity contribution in [3.8, 4) is 5.75 Å². The van der Waals surface area contributed by atoms with E-state index < -0.39 is 11.7 Å². The number of halogens is 3. The zero-order valence-corrected chi connectivity index (χ0v) is 11.6. The molecule has 0 saturated carbocycles. The van der Waals surface area contributed by atoms with E-state index in [1.54, 1.807) is 4.90 Å². The lowest BCUT2D eigenvalue weighted by molar-refractivity contribution is -0.137. The Balaban J connectivity index is 1.95. The molecule has 1 aliphatic rings. The highest BCUT2D eigenvalue weighted by Gasteiger charge is 2.30. The standard InChI is InChI=1S/C14H17F3N2O2/c1-10-8-18-5-6-19(10)13(20)9-21-12-4-2-3-11(7-12)14(15,16)17/h2-4,7,10,18H,5-6,8-9H2,1H3. The topological polar surface area (TPSA) is 41.6 Å². The number of piperazine rings is 1. The first-order valence-electron chi connectivity index (χ1n) is 6.68. The molecule has 1 heterocycles. The van der Waals surface area contributed by atoms with E-state index in [2.05, 4.69) is 5.32 Å². The first-order chi connectivity index (χ1) is 9.88. The van der Waals surface area contributed by atoms with Crippen LogP contribution in [-0.2, 0) is 11.0 Å². The Hall–Kier alpha value is -1.76. The summed E-state index contributed by atoms with van der Waals surface area (Å²) in [4.78, 5) is 13.7. The van der Waals surface area contributed by atoms with Gasteiger partial charge in [0.1, 0.15) is 5.75 Å². The second-order valence-corrected chi connectivity index (χ2v) is 4.95. The molecule has 7 heteroatoms. The van der Waals surface area contributed by atoms with Crippen molar-refractivity contribution < 1.29 is 22.7 Å². The number of carbonyl (C=O) groups excluding carboxylic acids is 1. The summed E-state index contributed by atoms with van der Waals surface area (Å²) in [6, 6.07) is 4.58. The van der Waals surface area contributed by atoms with E-state index in [1.165, 1.54) is 12.1 Å². The summed E-state index contributed by atoms with van der Waals surface area (Å²) >= 11 is 0. The van der Waals surface area contributed by atoms with E-state index in [0.29, 0.717) is 19.6 Å². The third kappa shape index (κ3) is 4.10. The predicted molar refractivity (Wildman–Crippen MR) is 71.0 cm³/mol. The van der Waals surface area contributed by atoms with Crippen molar-refractivity contribution in [2.24, 2.45) is 0 Å². The molecular formula is C14H17F3N2O2. The SMILES string of the molecule is CC1CNCCN1C(=O)COc1cccc(C(F)(F)F)c1. The first-order valence-corrected chi connectivity index (χ1v) is 6.68. The minimum atomic E-state index is -4.42. The quantitative estimate of drug-likeness (QED) is 0.927. The summed E-state index contributed by atoms with van der Waals surface area (Å²) < 4.78 is 42.9. The lowest BCUT2D eigenvalue weighted by Crippen LogP contribution is -2.53. The van der Waals surface area contributed by atoms with Crippen LogP contribution >= 0.6 is 0 Å². The third-order valence-corrected chi connectivity index (χ3v) is 3.35. The molecule has 0 bridgehead atoms. The number of carbonyl (C=O) groups is 1. The smallest absolute Gasteiger partial charge is 0.416 e. The van der Waals surface area contributed by atoms with Gasteiger partial charge in [0.2, 0.25) is 0 Å². The molecule has 1 amide bonds. The fourth-order valence-electron chi connectivity index (χ4n) is 2.20. The fraction of sp³-hybridized carbons (Fsp3) is 0.500. The van der Waals surface area contributed by atoms with Gasteiger partial charge in [0, 0.05) is 25.7 Å². The van der Waals surface area contributed by atoms with E-state index >= 15 is 0 Å². The summed E-state index contributed by atoms with van der Waals surface area (Å²) in [5, 5.41) is 3.16. The zero-order valence-electron chi connectivity index (χ0n) is 11.6. The van der Waals surface area contributed by atoms with Crippen molar-refractivity contribution in [1.82, 2.24) is 10.2 Å². The Labute approximate surface area is 120 Å². The largest absolute Gasteiger partial charge is 0.484 e. The van der Waals surface area contributed by atoms with Crippen LogP contribution in [0.2, 0.25) is 0 Å². The van der Waals surface area contributed by atoms with E-state index in [1.807, 2.05) is 6.92 Å². The van der Waals surface area contributed by atoms with Gasteiger partial charge in [-0.1, -0.05) is 6.07 Å². The summed E-state index contributed by atoms with van der Waals surface area (Å²) in [5.74, 6) is -0.178. The minimum Gasteiger partial charge on any atom is -0.484 e. The molecule has 0 spiro atoms. The molecule has 2 rings (SSSR count). The average Bonchev–Trinajstić information content (AvgIpc) is 2.45. The summed E-state index contributed by atoms with van der Waals surface area (Å²) in [6.45, 7) is 3.64. The zero-order chi connectivity index (χ0) is 15.5. The molecule has 1 aromatic rings. The molecule has 0 aromatic heterocycles. The second kappa shape index (κ2) is 6.34. The number of nitrogens with one attached hydrogen (secondary N) is 1. The van der Waals surface area contributed by atoms with Gasteiger partial charge in [0.25, 0.3) is 5.91 Å². The summed E-state index contributed by atoms with van der Waals surface area (Å²) in [6.07, 6.45) is -4.42. The molecule has 1 atom stereocenters. The van der Waals surface area contributed by atoms with Gasteiger partial charge in [-0.05, 0) is 25.1 Å². The molecule has 1 N–H and O–H groups in total. The van der Waals surface area contributed by atoms with Crippen LogP contribution in [0.25, 0.3) is 0 Å². The predicted octanol–water partition coefficient (Wildman–Crippen LogP) is 1.90. The van der Waals surface area contributed by atoms with Gasteiger partial charge in [-0.3, -0.25) is 4.79 Å². The maximum atomic E-state index is 12.6. The van der Waals surface area contributed by atoms with Crippen LogP contribution in [-0.4, -0.2) is 43.1 Å². The molecule has 0 radical (unpaired) electrons. The van der Waals surface area contributed by atoms with Crippen molar-refractivity contribution in [3.05, 3.63) is 29.8 Å². The number of ether oxygens (including phenoxy) is 1. The normalized spacial score (nSPS) is 19.4. The van der Waals surface area contributed by atoms with Crippen LogP contribution in [0.5, 0.6) is 5.75 Å². The number of amides is 1. The lowest BCUT2D eigenvalue weighted by atomic mass is 10.2. The maximum Gasteiger partial charge on any atom is 0.416 e. The lowest BCUT2D eigenvalue weighted by Gasteiger charge is -2.33. The van der Waals surface area contributed by atoms with Gasteiger partial charge < -0.3 is 15.0 Å². The molecule has 1 unspecified atom stereocenters. The Bertz CT molecular complexity index is 505. The van der Waals surface area contributed by atoms with Gasteiger partial charge >= 0.3 is 6.18 Å². The van der Waals surface area contributed by atoms with Gasteiger partial charge in [0.05, 0.1) is 5.56 Å². The summed E-state index contributed by atoms with van der Waals surface area (Å²) in [7, 11) is 0. The van der Waals surface area contributed by atoms with Crippen molar-refractivity contribution in [2.75, 3.05) is 26.2 Å². The highest BCUT2D eigenvalue weighted by atomic mass is 19.4. The van der Waals surface area contributed by atoms with Crippen LogP contribution in [0.1, 0.15) is 12.5 Å².